The van der Waals surface area contributed by atoms with Gasteiger partial charge in [0.15, 0.2) is 24.8 Å². The van der Waals surface area contributed by atoms with Crippen molar-refractivity contribution >= 4 is 23.9 Å². The Balaban J connectivity index is 1.03. The van der Waals surface area contributed by atoms with Gasteiger partial charge in [-0.3, -0.25) is 0 Å². The van der Waals surface area contributed by atoms with Gasteiger partial charge >= 0.3 is 23.9 Å². The second kappa shape index (κ2) is 34.3. The molecule has 0 spiro atoms. The predicted molar refractivity (Wildman–Crippen MR) is 333 cm³/mol. The summed E-state index contributed by atoms with van der Waals surface area (Å²) in [6.07, 6.45) is -10.3. The lowest BCUT2D eigenvalue weighted by atomic mass is 9.95. The zero-order valence-electron chi connectivity index (χ0n) is 49.9. The Bertz CT molecular complexity index is 3390. The second-order valence-corrected chi connectivity index (χ2v) is 21.7. The topological polar surface area (TPSA) is 179 Å². The summed E-state index contributed by atoms with van der Waals surface area (Å²) in [6, 6.07) is 72.8. The van der Waals surface area contributed by atoms with Gasteiger partial charge in [-0.2, -0.15) is 0 Å². The van der Waals surface area contributed by atoms with Gasteiger partial charge in [0.1, 0.15) is 43.2 Å². The molecule has 0 amide bonds. The molecule has 2 fully saturated rings. The van der Waals surface area contributed by atoms with E-state index in [0.29, 0.717) is 31.2 Å². The molecular formula is C74H74O16. The Morgan fingerprint density at radius 3 is 1.14 bits per heavy atom. The molecule has 2 aliphatic heterocycles. The van der Waals surface area contributed by atoms with Gasteiger partial charge in [0.2, 0.25) is 0 Å². The van der Waals surface area contributed by atoms with Crippen LogP contribution in [0.3, 0.4) is 0 Å². The first-order chi connectivity index (χ1) is 44.3. The highest BCUT2D eigenvalue weighted by atomic mass is 16.8. The van der Waals surface area contributed by atoms with Crippen LogP contribution in [-0.2, 0) is 83.3 Å². The third-order valence-corrected chi connectivity index (χ3v) is 15.2. The highest BCUT2D eigenvalue weighted by Gasteiger charge is 2.56. The van der Waals surface area contributed by atoms with Crippen molar-refractivity contribution in [3.8, 4) is 0 Å². The van der Waals surface area contributed by atoms with E-state index < -0.39 is 91.9 Å². The molecule has 0 bridgehead atoms. The van der Waals surface area contributed by atoms with E-state index in [0.717, 1.165) is 22.3 Å². The van der Waals surface area contributed by atoms with Gasteiger partial charge in [-0.05, 0) is 90.0 Å². The Hall–Kier alpha value is -8.68. The van der Waals surface area contributed by atoms with E-state index in [-0.39, 0.29) is 62.9 Å². The third kappa shape index (κ3) is 18.9. The highest BCUT2D eigenvalue weighted by molar-refractivity contribution is 5.91. The summed E-state index contributed by atoms with van der Waals surface area (Å²) < 4.78 is 80.5. The van der Waals surface area contributed by atoms with Crippen molar-refractivity contribution in [1.82, 2.24) is 0 Å². The van der Waals surface area contributed by atoms with Crippen LogP contribution in [0.1, 0.15) is 89.4 Å². The number of unbranched alkanes of at least 4 members (excludes halogenated alkanes) is 3. The molecule has 16 heteroatoms. The zero-order valence-corrected chi connectivity index (χ0v) is 49.9. The lowest BCUT2D eigenvalue weighted by Crippen LogP contribution is -2.67. The van der Waals surface area contributed by atoms with E-state index in [1.165, 1.54) is 0 Å². The van der Waals surface area contributed by atoms with E-state index in [4.69, 9.17) is 56.8 Å². The maximum absolute atomic E-state index is 14.8. The fourth-order valence-electron chi connectivity index (χ4n) is 10.5. The van der Waals surface area contributed by atoms with Crippen molar-refractivity contribution < 1.29 is 76.0 Å². The molecule has 0 aromatic heterocycles. The van der Waals surface area contributed by atoms with Crippen molar-refractivity contribution in [3.05, 3.63) is 287 Å². The summed E-state index contributed by atoms with van der Waals surface area (Å²) in [6.45, 7) is 0.349. The van der Waals surface area contributed by atoms with Gasteiger partial charge in [-0.15, -0.1) is 0 Å². The largest absolute Gasteiger partial charge is 0.462 e. The minimum absolute atomic E-state index is 0.0252. The molecule has 16 nitrogen and oxygen atoms in total. The van der Waals surface area contributed by atoms with Gasteiger partial charge in [0.25, 0.3) is 0 Å². The molecule has 10 rings (SSSR count). The lowest BCUT2D eigenvalue weighted by molar-refractivity contribution is -0.369. The maximum Gasteiger partial charge on any atom is 0.338 e. The highest BCUT2D eigenvalue weighted by Crippen LogP contribution is 2.37. The molecule has 8 aromatic rings. The summed E-state index contributed by atoms with van der Waals surface area (Å²) in [4.78, 5) is 56.0. The van der Waals surface area contributed by atoms with Crippen LogP contribution in [0.25, 0.3) is 0 Å². The van der Waals surface area contributed by atoms with E-state index in [1.807, 2.05) is 127 Å². The minimum atomic E-state index is -1.58. The van der Waals surface area contributed by atoms with Crippen LogP contribution >= 0.6 is 0 Å². The van der Waals surface area contributed by atoms with Crippen molar-refractivity contribution in [2.75, 3.05) is 26.4 Å². The van der Waals surface area contributed by atoms with Gasteiger partial charge in [0.05, 0.1) is 61.9 Å². The average molecular weight is 1220 g/mol. The predicted octanol–water partition coefficient (Wildman–Crippen LogP) is 12.5. The summed E-state index contributed by atoms with van der Waals surface area (Å²) >= 11 is 0. The van der Waals surface area contributed by atoms with Gasteiger partial charge in [-0.1, -0.05) is 201 Å². The molecular weight excluding hydrogens is 1140 g/mol. The number of hydrogen-bond donors (Lipinski definition) is 0. The minimum Gasteiger partial charge on any atom is -0.462 e. The van der Waals surface area contributed by atoms with E-state index in [9.17, 15) is 19.2 Å². The quantitative estimate of drug-likeness (QED) is 0.0227. The van der Waals surface area contributed by atoms with Gasteiger partial charge in [0, 0.05) is 6.61 Å². The summed E-state index contributed by atoms with van der Waals surface area (Å²) in [7, 11) is 0. The fourth-order valence-corrected chi connectivity index (χ4v) is 10.5. The number of carbonyl (C=O) groups is 4. The number of ether oxygens (including phenoxy) is 12. The Morgan fingerprint density at radius 2 is 0.667 bits per heavy atom. The molecule has 0 N–H and O–H groups in total. The lowest BCUT2D eigenvalue weighted by Gasteiger charge is -2.49. The number of esters is 4. The molecule has 2 aliphatic rings. The van der Waals surface area contributed by atoms with Crippen LogP contribution in [0.15, 0.2) is 243 Å². The van der Waals surface area contributed by atoms with Crippen LogP contribution in [0.4, 0.5) is 0 Å². The summed E-state index contributed by atoms with van der Waals surface area (Å²) in [5.74, 6) is -2.65. The monoisotopic (exact) mass is 1220 g/mol. The first kappa shape index (κ1) is 64.3. The molecule has 10 atom stereocenters. The molecule has 8 aromatic carbocycles. The van der Waals surface area contributed by atoms with Crippen LogP contribution in [0.5, 0.6) is 0 Å². The summed E-state index contributed by atoms with van der Waals surface area (Å²) in [5, 5.41) is 0. The third-order valence-electron chi connectivity index (χ3n) is 15.2. The Morgan fingerprint density at radius 1 is 0.300 bits per heavy atom. The van der Waals surface area contributed by atoms with E-state index >= 15 is 0 Å². The van der Waals surface area contributed by atoms with Gasteiger partial charge < -0.3 is 56.8 Å². The van der Waals surface area contributed by atoms with E-state index in [1.54, 1.807) is 115 Å². The standard InChI is InChI=1S/C74H74O16/c75-69(57-37-19-7-20-38-57)80-45-27-1-2-28-46-81-73-68(89-72(78)60-43-25-10-26-44-60)66(88-71(77)59-41-23-9-24-42-59)64(62(86-73)52-85-70(76)58-39-21-8-22-40-58)90-74-67(84-50-56-35-17-6-18-36-56)65(83-49-55-33-15-5-16-34-55)63(82-48-54-31-13-4-14-32-54)61(87-74)51-79-47-53-29-11-3-12-30-53/h3-26,29-44,61-68,73-74H,1-2,27-28,45-52H2/t61-,62-,63+,64+,65+,66+,67-,68-,73-,74-/m1/s1. The van der Waals surface area contributed by atoms with Gasteiger partial charge in [-0.25, -0.2) is 19.2 Å². The first-order valence-corrected chi connectivity index (χ1v) is 30.5. The van der Waals surface area contributed by atoms with Crippen molar-refractivity contribution in [2.24, 2.45) is 0 Å². The SMILES string of the molecule is O=C(OCCCCCCO[C@@H]1O[C@H](COC(=O)c2ccccc2)[C@H](O[C@H]2O[C@H](COCc3ccccc3)[C@H](OCc3ccccc3)[C@H](OCc3ccccc3)[C@H]2OCc2ccccc2)[C@H](OC(=O)c2ccccc2)[C@H]1OC(=O)c1ccccc1)c1ccccc1. The van der Waals surface area contributed by atoms with Crippen LogP contribution in [0.2, 0.25) is 0 Å². The number of carbonyl (C=O) groups excluding carboxylic acids is 4. The number of benzene rings is 8. The normalized spacial score (nSPS) is 21.3. The average Bonchev–Trinajstić information content (AvgIpc) is 0.961. The maximum atomic E-state index is 14.8. The van der Waals surface area contributed by atoms with Crippen LogP contribution < -0.4 is 0 Å². The fraction of sp³-hybridized carbons (Fsp3) is 0.297. The Labute approximate surface area is 524 Å². The molecule has 0 saturated carbocycles. The molecule has 2 heterocycles. The number of hydrogen-bond acceptors (Lipinski definition) is 16. The molecule has 2 saturated heterocycles. The van der Waals surface area contributed by atoms with Crippen molar-refractivity contribution in [1.29, 1.82) is 0 Å². The molecule has 0 unspecified atom stereocenters. The molecule has 0 radical (unpaired) electrons. The van der Waals surface area contributed by atoms with Crippen LogP contribution in [0, 0.1) is 0 Å². The Kier molecular flexibility index (Phi) is 24.5. The van der Waals surface area contributed by atoms with E-state index in [2.05, 4.69) is 0 Å². The van der Waals surface area contributed by atoms with Crippen molar-refractivity contribution in [2.45, 2.75) is 114 Å². The zero-order chi connectivity index (χ0) is 62.0. The molecule has 0 aliphatic carbocycles. The smallest absolute Gasteiger partial charge is 0.338 e. The number of rotatable bonds is 31. The molecule has 466 valence electrons. The second-order valence-electron chi connectivity index (χ2n) is 21.7. The van der Waals surface area contributed by atoms with Crippen molar-refractivity contribution in [3.63, 3.8) is 0 Å². The summed E-state index contributed by atoms with van der Waals surface area (Å²) in [5.41, 5.74) is 4.62. The van der Waals surface area contributed by atoms with Crippen LogP contribution in [-0.4, -0.2) is 112 Å². The first-order valence-electron chi connectivity index (χ1n) is 30.5. The molecule has 90 heavy (non-hydrogen) atoms.